The Balaban J connectivity index is 3.73. The van der Waals surface area contributed by atoms with E-state index in [2.05, 4.69) is 15.9 Å². The van der Waals surface area contributed by atoms with Crippen molar-refractivity contribution in [2.75, 3.05) is 0 Å². The van der Waals surface area contributed by atoms with Crippen LogP contribution in [0.2, 0.25) is 0 Å². The van der Waals surface area contributed by atoms with Crippen molar-refractivity contribution in [3.63, 3.8) is 0 Å². The van der Waals surface area contributed by atoms with E-state index in [4.69, 9.17) is 5.11 Å². The van der Waals surface area contributed by atoms with E-state index in [1.54, 1.807) is 6.07 Å². The Morgan fingerprint density at radius 1 is 1.12 bits per heavy atom. The molecule has 0 aliphatic rings. The summed E-state index contributed by atoms with van der Waals surface area (Å²) in [4.78, 5) is 22.3. The predicted molar refractivity (Wildman–Crippen MR) is 66.8 cm³/mol. The minimum Gasteiger partial charge on any atom is -0.478 e. The zero-order valence-electron chi connectivity index (χ0n) is 9.74. The van der Waals surface area contributed by atoms with Crippen molar-refractivity contribution in [1.29, 1.82) is 0 Å². The highest BCUT2D eigenvalue weighted by Crippen LogP contribution is 2.34. The maximum atomic E-state index is 11.3. The predicted octanol–water partition coefficient (Wildman–Crippen LogP) is 3.14. The molecule has 0 spiro atoms. The van der Waals surface area contributed by atoms with Crippen molar-refractivity contribution in [3.8, 4) is 0 Å². The lowest BCUT2D eigenvalue weighted by Gasteiger charge is -2.24. The molecule has 1 aromatic rings. The lowest BCUT2D eigenvalue weighted by Crippen LogP contribution is -2.21. The molecule has 0 fully saturated rings. The summed E-state index contributed by atoms with van der Waals surface area (Å²) in [6, 6.07) is 2.86. The highest BCUT2D eigenvalue weighted by atomic mass is 79.9. The van der Waals surface area contributed by atoms with Crippen molar-refractivity contribution < 1.29 is 19.8 Å². The topological polar surface area (TPSA) is 74.6 Å². The number of carboxylic acids is 2. The van der Waals surface area contributed by atoms with Crippen molar-refractivity contribution in [2.45, 2.75) is 26.2 Å². The highest BCUT2D eigenvalue weighted by Gasteiger charge is 2.29. The standard InChI is InChI=1S/C12H13BrO4/c1-12(2,3)9-7(13)5-4-6(10(14)15)8(9)11(16)17/h4-5H,1-3H3,(H,14,15)(H,16,17). The van der Waals surface area contributed by atoms with Gasteiger partial charge in [0.05, 0.1) is 11.1 Å². The zero-order valence-corrected chi connectivity index (χ0v) is 11.3. The minimum absolute atomic E-state index is 0.153. The van der Waals surface area contributed by atoms with Crippen LogP contribution in [0.1, 0.15) is 47.1 Å². The van der Waals surface area contributed by atoms with Crippen LogP contribution in [0, 0.1) is 0 Å². The van der Waals surface area contributed by atoms with Gasteiger partial charge in [0.2, 0.25) is 0 Å². The van der Waals surface area contributed by atoms with Gasteiger partial charge in [-0.15, -0.1) is 0 Å². The van der Waals surface area contributed by atoms with Gasteiger partial charge in [-0.25, -0.2) is 9.59 Å². The quantitative estimate of drug-likeness (QED) is 0.880. The van der Waals surface area contributed by atoms with Crippen LogP contribution >= 0.6 is 15.9 Å². The Bertz CT molecular complexity index is 486. The van der Waals surface area contributed by atoms with Crippen molar-refractivity contribution in [3.05, 3.63) is 33.3 Å². The molecule has 1 rings (SSSR count). The maximum absolute atomic E-state index is 11.3. The third kappa shape index (κ3) is 2.66. The van der Waals surface area contributed by atoms with E-state index < -0.39 is 17.4 Å². The van der Waals surface area contributed by atoms with E-state index in [0.29, 0.717) is 10.0 Å². The normalized spacial score (nSPS) is 11.3. The summed E-state index contributed by atoms with van der Waals surface area (Å²) in [6.07, 6.45) is 0. The van der Waals surface area contributed by atoms with Gasteiger partial charge < -0.3 is 10.2 Å². The Kier molecular flexibility index (Phi) is 3.62. The Hall–Kier alpha value is -1.36. The second-order valence-electron chi connectivity index (χ2n) is 4.71. The minimum atomic E-state index is -1.24. The first-order chi connectivity index (χ1) is 7.66. The fourth-order valence-corrected chi connectivity index (χ4v) is 2.64. The van der Waals surface area contributed by atoms with Crippen molar-refractivity contribution >= 4 is 27.9 Å². The molecule has 0 unspecified atom stereocenters. The first kappa shape index (κ1) is 13.7. The van der Waals surface area contributed by atoms with Gasteiger partial charge in [-0.3, -0.25) is 0 Å². The molecule has 0 aliphatic carbocycles. The number of aromatic carboxylic acids is 2. The smallest absolute Gasteiger partial charge is 0.336 e. The van der Waals surface area contributed by atoms with Gasteiger partial charge in [-0.05, 0) is 23.1 Å². The number of carbonyl (C=O) groups is 2. The lowest BCUT2D eigenvalue weighted by atomic mass is 9.82. The van der Waals surface area contributed by atoms with E-state index in [0.717, 1.165) is 0 Å². The zero-order chi connectivity index (χ0) is 13.4. The van der Waals surface area contributed by atoms with Crippen molar-refractivity contribution in [1.82, 2.24) is 0 Å². The van der Waals surface area contributed by atoms with E-state index >= 15 is 0 Å². The second-order valence-corrected chi connectivity index (χ2v) is 5.56. The van der Waals surface area contributed by atoms with Crippen LogP contribution in [-0.4, -0.2) is 22.2 Å². The number of hydrogen-bond acceptors (Lipinski definition) is 2. The van der Waals surface area contributed by atoms with Gasteiger partial charge in [0.25, 0.3) is 0 Å². The van der Waals surface area contributed by atoms with E-state index in [-0.39, 0.29) is 11.1 Å². The molecule has 0 heterocycles. The monoisotopic (exact) mass is 300 g/mol. The summed E-state index contributed by atoms with van der Waals surface area (Å²) in [7, 11) is 0. The molecule has 0 saturated carbocycles. The third-order valence-corrected chi connectivity index (χ3v) is 3.01. The summed E-state index contributed by atoms with van der Waals surface area (Å²) in [6.45, 7) is 5.52. The first-order valence-corrected chi connectivity index (χ1v) is 5.75. The van der Waals surface area contributed by atoms with Crippen molar-refractivity contribution in [2.24, 2.45) is 0 Å². The molecular weight excluding hydrogens is 288 g/mol. The Labute approximate surface area is 107 Å². The van der Waals surface area contributed by atoms with E-state index in [1.807, 2.05) is 20.8 Å². The SMILES string of the molecule is CC(C)(C)c1c(Br)ccc(C(=O)O)c1C(=O)O. The number of carboxylic acid groups (broad SMARTS) is 2. The lowest BCUT2D eigenvalue weighted by molar-refractivity contribution is 0.0649. The molecule has 17 heavy (non-hydrogen) atoms. The first-order valence-electron chi connectivity index (χ1n) is 4.96. The van der Waals surface area contributed by atoms with Gasteiger partial charge in [0.15, 0.2) is 0 Å². The molecular formula is C12H13BrO4. The molecule has 5 heteroatoms. The molecule has 2 N–H and O–H groups in total. The van der Waals surface area contributed by atoms with Gasteiger partial charge >= 0.3 is 11.9 Å². The molecule has 0 radical (unpaired) electrons. The molecule has 92 valence electrons. The van der Waals surface area contributed by atoms with Crippen LogP contribution in [0.4, 0.5) is 0 Å². The number of hydrogen-bond donors (Lipinski definition) is 2. The van der Waals surface area contributed by atoms with Crippen LogP contribution in [0.15, 0.2) is 16.6 Å². The highest BCUT2D eigenvalue weighted by molar-refractivity contribution is 9.10. The third-order valence-electron chi connectivity index (χ3n) is 2.35. The summed E-state index contributed by atoms with van der Waals surface area (Å²) in [5, 5.41) is 18.2. The fraction of sp³-hybridized carbons (Fsp3) is 0.333. The van der Waals surface area contributed by atoms with Crippen LogP contribution in [0.5, 0.6) is 0 Å². The average Bonchev–Trinajstić information content (AvgIpc) is 2.14. The van der Waals surface area contributed by atoms with Crippen LogP contribution < -0.4 is 0 Å². The summed E-state index contributed by atoms with van der Waals surface area (Å²) in [5.74, 6) is -2.46. The van der Waals surface area contributed by atoms with Gasteiger partial charge in [-0.2, -0.15) is 0 Å². The number of halogens is 1. The molecule has 0 amide bonds. The molecule has 0 aliphatic heterocycles. The Morgan fingerprint density at radius 2 is 1.65 bits per heavy atom. The molecule has 1 aromatic carbocycles. The Morgan fingerprint density at radius 3 is 2.00 bits per heavy atom. The number of benzene rings is 1. The fourth-order valence-electron chi connectivity index (χ4n) is 1.71. The van der Waals surface area contributed by atoms with E-state index in [9.17, 15) is 14.7 Å². The van der Waals surface area contributed by atoms with Crippen LogP contribution in [0.25, 0.3) is 0 Å². The molecule has 0 bridgehead atoms. The van der Waals surface area contributed by atoms with Gasteiger partial charge in [-0.1, -0.05) is 36.7 Å². The van der Waals surface area contributed by atoms with Gasteiger partial charge in [0, 0.05) is 4.47 Å². The number of rotatable bonds is 2. The van der Waals surface area contributed by atoms with Gasteiger partial charge in [0.1, 0.15) is 0 Å². The largest absolute Gasteiger partial charge is 0.478 e. The average molecular weight is 301 g/mol. The summed E-state index contributed by atoms with van der Waals surface area (Å²) in [5.41, 5.74) is -0.312. The second kappa shape index (κ2) is 4.49. The molecule has 0 aromatic heterocycles. The molecule has 0 saturated heterocycles. The summed E-state index contributed by atoms with van der Waals surface area (Å²) < 4.78 is 0.604. The maximum Gasteiger partial charge on any atom is 0.336 e. The van der Waals surface area contributed by atoms with Crippen LogP contribution in [-0.2, 0) is 5.41 Å². The van der Waals surface area contributed by atoms with Crippen LogP contribution in [0.3, 0.4) is 0 Å². The van der Waals surface area contributed by atoms with E-state index in [1.165, 1.54) is 6.07 Å². The summed E-state index contributed by atoms with van der Waals surface area (Å²) >= 11 is 3.28. The molecule has 0 atom stereocenters. The molecule has 4 nitrogen and oxygen atoms in total.